The second-order valence-corrected chi connectivity index (χ2v) is 5.76. The molecular formula is C15H19NO3. The van der Waals surface area contributed by atoms with Crippen LogP contribution in [0.4, 0.5) is 0 Å². The van der Waals surface area contributed by atoms with Crippen molar-refractivity contribution in [1.29, 1.82) is 0 Å². The summed E-state index contributed by atoms with van der Waals surface area (Å²) in [4.78, 5) is 11.6. The minimum Gasteiger partial charge on any atom is -0.370 e. The molecule has 4 nitrogen and oxygen atoms in total. The zero-order chi connectivity index (χ0) is 13.5. The Kier molecular flexibility index (Phi) is 2.87. The monoisotopic (exact) mass is 261 g/mol. The molecule has 19 heavy (non-hydrogen) atoms. The molecule has 1 aromatic rings. The first-order chi connectivity index (χ1) is 9.04. The number of benzene rings is 1. The fourth-order valence-electron chi connectivity index (χ4n) is 3.16. The summed E-state index contributed by atoms with van der Waals surface area (Å²) < 4.78 is 11.9. The van der Waals surface area contributed by atoms with Gasteiger partial charge in [0.05, 0.1) is 18.3 Å². The van der Waals surface area contributed by atoms with Crippen molar-refractivity contribution < 1.29 is 14.3 Å². The van der Waals surface area contributed by atoms with Crippen molar-refractivity contribution in [2.45, 2.75) is 50.1 Å². The summed E-state index contributed by atoms with van der Waals surface area (Å²) in [5, 5.41) is 0. The van der Waals surface area contributed by atoms with E-state index in [0.717, 1.165) is 12.0 Å². The zero-order valence-corrected chi connectivity index (χ0v) is 11.1. The topological polar surface area (TPSA) is 61.6 Å². The highest BCUT2D eigenvalue weighted by Gasteiger charge is 2.62. The second kappa shape index (κ2) is 4.32. The maximum atomic E-state index is 11.6. The molecule has 2 saturated heterocycles. The van der Waals surface area contributed by atoms with Gasteiger partial charge in [-0.1, -0.05) is 30.3 Å². The Balaban J connectivity index is 1.69. The maximum Gasteiger partial charge on any atom is 0.249 e. The van der Waals surface area contributed by atoms with E-state index in [9.17, 15) is 4.79 Å². The highest BCUT2D eigenvalue weighted by atomic mass is 16.6. The molecule has 2 aliphatic heterocycles. The molecule has 2 N–H and O–H groups in total. The predicted molar refractivity (Wildman–Crippen MR) is 70.3 cm³/mol. The molecule has 0 spiro atoms. The number of carbonyl (C=O) groups excluding carboxylic acids is 1. The van der Waals surface area contributed by atoms with E-state index in [2.05, 4.69) is 0 Å². The fraction of sp³-hybridized carbons (Fsp3) is 0.533. The van der Waals surface area contributed by atoms with E-state index in [1.54, 1.807) is 0 Å². The molecule has 0 unspecified atom stereocenters. The van der Waals surface area contributed by atoms with Crippen molar-refractivity contribution in [3.8, 4) is 0 Å². The van der Waals surface area contributed by atoms with Gasteiger partial charge in [0, 0.05) is 6.42 Å². The number of primary amides is 1. The van der Waals surface area contributed by atoms with E-state index in [1.807, 2.05) is 37.3 Å². The van der Waals surface area contributed by atoms with Crippen LogP contribution < -0.4 is 5.73 Å². The third-order valence-corrected chi connectivity index (χ3v) is 4.39. The van der Waals surface area contributed by atoms with Crippen LogP contribution in [0.5, 0.6) is 0 Å². The summed E-state index contributed by atoms with van der Waals surface area (Å²) >= 11 is 0. The lowest BCUT2D eigenvalue weighted by Crippen LogP contribution is -2.43. The Morgan fingerprint density at radius 3 is 2.79 bits per heavy atom. The molecule has 2 heterocycles. The van der Waals surface area contributed by atoms with Gasteiger partial charge in [0.1, 0.15) is 5.60 Å². The van der Waals surface area contributed by atoms with Gasteiger partial charge in [0.25, 0.3) is 0 Å². The quantitative estimate of drug-likeness (QED) is 0.898. The van der Waals surface area contributed by atoms with Gasteiger partial charge >= 0.3 is 0 Å². The largest absolute Gasteiger partial charge is 0.370 e. The van der Waals surface area contributed by atoms with Crippen LogP contribution >= 0.6 is 0 Å². The average molecular weight is 261 g/mol. The first-order valence-electron chi connectivity index (χ1n) is 6.70. The van der Waals surface area contributed by atoms with Crippen LogP contribution in [0.25, 0.3) is 0 Å². The summed E-state index contributed by atoms with van der Waals surface area (Å²) in [5.41, 5.74) is 5.44. The zero-order valence-electron chi connectivity index (χ0n) is 11.1. The predicted octanol–water partition coefficient (Wildman–Crippen LogP) is 1.77. The number of hydrogen-bond donors (Lipinski definition) is 1. The number of fused-ring (bicyclic) bond motifs is 2. The number of amides is 1. The maximum absolute atomic E-state index is 11.6. The van der Waals surface area contributed by atoms with E-state index < -0.39 is 5.60 Å². The summed E-state index contributed by atoms with van der Waals surface area (Å²) in [7, 11) is 0. The minimum absolute atomic E-state index is 0.0612. The van der Waals surface area contributed by atoms with Gasteiger partial charge in [0.15, 0.2) is 0 Å². The SMILES string of the molecule is C[C@@]12CC[C@@](C(N)=O)(C[C@@H]1OCc1ccccc1)O2. The lowest BCUT2D eigenvalue weighted by Gasteiger charge is -2.29. The van der Waals surface area contributed by atoms with E-state index in [1.165, 1.54) is 0 Å². The van der Waals surface area contributed by atoms with Crippen molar-refractivity contribution in [3.05, 3.63) is 35.9 Å². The molecule has 0 aliphatic carbocycles. The molecule has 4 heteroatoms. The molecule has 1 amide bonds. The molecule has 2 fully saturated rings. The van der Waals surface area contributed by atoms with Gasteiger partial charge in [-0.3, -0.25) is 4.79 Å². The van der Waals surface area contributed by atoms with E-state index >= 15 is 0 Å². The van der Waals surface area contributed by atoms with Crippen LogP contribution in [-0.4, -0.2) is 23.2 Å². The van der Waals surface area contributed by atoms with E-state index in [0.29, 0.717) is 19.4 Å². The third-order valence-electron chi connectivity index (χ3n) is 4.39. The van der Waals surface area contributed by atoms with Crippen molar-refractivity contribution in [1.82, 2.24) is 0 Å². The number of nitrogens with two attached hydrogens (primary N) is 1. The molecule has 2 bridgehead atoms. The Morgan fingerprint density at radius 1 is 1.42 bits per heavy atom. The Bertz CT molecular complexity index is 489. The highest BCUT2D eigenvalue weighted by Crippen LogP contribution is 2.51. The van der Waals surface area contributed by atoms with Gasteiger partial charge < -0.3 is 15.2 Å². The van der Waals surface area contributed by atoms with E-state index in [4.69, 9.17) is 15.2 Å². The third kappa shape index (κ3) is 2.05. The first kappa shape index (κ1) is 12.6. The molecular weight excluding hydrogens is 242 g/mol. The van der Waals surface area contributed by atoms with Gasteiger partial charge in [0.2, 0.25) is 5.91 Å². The molecule has 2 aliphatic rings. The summed E-state index contributed by atoms with van der Waals surface area (Å²) in [5.74, 6) is -0.359. The molecule has 1 aromatic carbocycles. The normalized spacial score (nSPS) is 36.6. The van der Waals surface area contributed by atoms with E-state index in [-0.39, 0.29) is 17.6 Å². The van der Waals surface area contributed by atoms with Gasteiger partial charge in [-0.05, 0) is 25.3 Å². The molecule has 3 atom stereocenters. The standard InChI is InChI=1S/C15H19NO3/c1-14-7-8-15(19-14,13(16)17)9-12(14)18-10-11-5-3-2-4-6-11/h2-6,12H,7-10H2,1H3,(H2,16,17)/t12-,14+,15-/m0/s1. The highest BCUT2D eigenvalue weighted by molar-refractivity contribution is 5.84. The van der Waals surface area contributed by atoms with Gasteiger partial charge in [-0.2, -0.15) is 0 Å². The molecule has 102 valence electrons. The molecule has 0 radical (unpaired) electrons. The first-order valence-corrected chi connectivity index (χ1v) is 6.70. The molecule has 0 aromatic heterocycles. The van der Waals surface area contributed by atoms with Crippen molar-refractivity contribution in [2.24, 2.45) is 5.73 Å². The number of rotatable bonds is 4. The lowest BCUT2D eigenvalue weighted by atomic mass is 9.80. The molecule has 3 rings (SSSR count). The second-order valence-electron chi connectivity index (χ2n) is 5.76. The Morgan fingerprint density at radius 2 is 2.16 bits per heavy atom. The van der Waals surface area contributed by atoms with Crippen molar-refractivity contribution in [2.75, 3.05) is 0 Å². The number of hydrogen-bond acceptors (Lipinski definition) is 3. The van der Waals surface area contributed by atoms with Crippen molar-refractivity contribution in [3.63, 3.8) is 0 Å². The fourth-order valence-corrected chi connectivity index (χ4v) is 3.16. The van der Waals surface area contributed by atoms with Gasteiger partial charge in [-0.15, -0.1) is 0 Å². The minimum atomic E-state index is -0.796. The number of ether oxygens (including phenoxy) is 2. The lowest BCUT2D eigenvalue weighted by molar-refractivity contribution is -0.141. The Labute approximate surface area is 112 Å². The smallest absolute Gasteiger partial charge is 0.249 e. The van der Waals surface area contributed by atoms with Crippen molar-refractivity contribution >= 4 is 5.91 Å². The van der Waals surface area contributed by atoms with Crippen LogP contribution in [0.1, 0.15) is 31.7 Å². The summed E-state index contributed by atoms with van der Waals surface area (Å²) in [6, 6.07) is 10.0. The van der Waals surface area contributed by atoms with Crippen LogP contribution in [-0.2, 0) is 20.9 Å². The van der Waals surface area contributed by atoms with Crippen LogP contribution in [0, 0.1) is 0 Å². The average Bonchev–Trinajstić information content (AvgIpc) is 2.90. The Hall–Kier alpha value is -1.39. The van der Waals surface area contributed by atoms with Crippen LogP contribution in [0.2, 0.25) is 0 Å². The van der Waals surface area contributed by atoms with Gasteiger partial charge in [-0.25, -0.2) is 0 Å². The number of carbonyl (C=O) groups is 1. The summed E-state index contributed by atoms with van der Waals surface area (Å²) in [6.07, 6.45) is 2.06. The molecule has 0 saturated carbocycles. The van der Waals surface area contributed by atoms with Crippen LogP contribution in [0.3, 0.4) is 0 Å². The van der Waals surface area contributed by atoms with Crippen LogP contribution in [0.15, 0.2) is 30.3 Å². The summed E-state index contributed by atoms with van der Waals surface area (Å²) in [6.45, 7) is 2.56.